The molecule has 1 aromatic carbocycles. The monoisotopic (exact) mass is 526 g/mol. The molecular formula is C23H35IN4O2. The molecule has 2 N–H and O–H groups in total. The highest BCUT2D eigenvalue weighted by Crippen LogP contribution is 2.33. The summed E-state index contributed by atoms with van der Waals surface area (Å²) >= 11 is 0. The summed E-state index contributed by atoms with van der Waals surface area (Å²) in [6.45, 7) is 8.63. The maximum absolute atomic E-state index is 6.13. The minimum Gasteiger partial charge on any atom is -0.373 e. The number of nitrogens with zero attached hydrogens (tertiary/aromatic N) is 2. The van der Waals surface area contributed by atoms with Crippen LogP contribution in [0.25, 0.3) is 0 Å². The summed E-state index contributed by atoms with van der Waals surface area (Å²) in [7, 11) is 1.82. The molecule has 2 unspecified atom stereocenters. The van der Waals surface area contributed by atoms with E-state index in [-0.39, 0.29) is 30.1 Å². The normalized spacial score (nSPS) is 19.3. The summed E-state index contributed by atoms with van der Waals surface area (Å²) in [5, 5.41) is 10.9. The fourth-order valence-electron chi connectivity index (χ4n) is 3.96. The summed E-state index contributed by atoms with van der Waals surface area (Å²) in [4.78, 5) is 4.37. The van der Waals surface area contributed by atoms with Gasteiger partial charge in [-0.1, -0.05) is 35.0 Å². The number of rotatable bonds is 7. The van der Waals surface area contributed by atoms with Crippen molar-refractivity contribution < 1.29 is 9.26 Å². The number of benzene rings is 1. The van der Waals surface area contributed by atoms with Crippen LogP contribution in [0.3, 0.4) is 0 Å². The highest BCUT2D eigenvalue weighted by molar-refractivity contribution is 14.0. The van der Waals surface area contributed by atoms with Gasteiger partial charge in [-0.3, -0.25) is 4.99 Å². The number of hydrogen-bond donors (Lipinski definition) is 2. The molecule has 0 radical (unpaired) electrons. The number of nitrogens with one attached hydrogen (secondary N) is 2. The lowest BCUT2D eigenvalue weighted by Gasteiger charge is -2.32. The molecule has 6 nitrogen and oxygen atoms in total. The Morgan fingerprint density at radius 2 is 1.93 bits per heavy atom. The predicted molar refractivity (Wildman–Crippen MR) is 132 cm³/mol. The Bertz CT molecular complexity index is 785. The topological polar surface area (TPSA) is 71.7 Å². The fourth-order valence-corrected chi connectivity index (χ4v) is 3.96. The molecule has 1 aromatic heterocycles. The first-order chi connectivity index (χ1) is 14.1. The number of ether oxygens (including phenoxy) is 1. The molecule has 2 aromatic rings. The average Bonchev–Trinajstić information content (AvgIpc) is 3.06. The summed E-state index contributed by atoms with van der Waals surface area (Å²) in [5.41, 5.74) is 4.75. The SMILES string of the molecule is CN=C(NCCCc1c(C)noc1C)NCC1CCCOC1c1ccc(C)cc1.I. The highest BCUT2D eigenvalue weighted by atomic mass is 127. The molecule has 0 aliphatic carbocycles. The van der Waals surface area contributed by atoms with Gasteiger partial charge < -0.3 is 19.9 Å². The van der Waals surface area contributed by atoms with E-state index in [1.807, 2.05) is 20.9 Å². The van der Waals surface area contributed by atoms with Crippen LogP contribution in [0.5, 0.6) is 0 Å². The summed E-state index contributed by atoms with van der Waals surface area (Å²) in [6.07, 6.45) is 4.38. The molecule has 0 spiro atoms. The Labute approximate surface area is 197 Å². The number of aliphatic imine (C=N–C) groups is 1. The van der Waals surface area contributed by atoms with E-state index >= 15 is 0 Å². The lowest BCUT2D eigenvalue weighted by molar-refractivity contribution is -0.0265. The van der Waals surface area contributed by atoms with Crippen molar-refractivity contribution in [3.8, 4) is 0 Å². The zero-order chi connectivity index (χ0) is 20.6. The summed E-state index contributed by atoms with van der Waals surface area (Å²) < 4.78 is 11.4. The Balaban J connectivity index is 0.00000320. The molecule has 166 valence electrons. The first-order valence-electron chi connectivity index (χ1n) is 10.6. The molecule has 7 heteroatoms. The number of halogens is 1. The minimum atomic E-state index is 0. The standard InChI is InChI=1S/C23H34N4O2.HI/c1-16-9-11-19(12-10-16)22-20(7-6-14-28-22)15-26-23(24-4)25-13-5-8-21-17(2)27-29-18(21)3;/h9-12,20,22H,5-8,13-15H2,1-4H3,(H2,24,25,26);1H. The second-order valence-electron chi connectivity index (χ2n) is 7.89. The molecule has 0 saturated carbocycles. The Morgan fingerprint density at radius 3 is 2.60 bits per heavy atom. The van der Waals surface area contributed by atoms with Crippen molar-refractivity contribution in [2.24, 2.45) is 10.9 Å². The van der Waals surface area contributed by atoms with Crippen LogP contribution in [-0.2, 0) is 11.2 Å². The predicted octanol–water partition coefficient (Wildman–Crippen LogP) is 4.48. The van der Waals surface area contributed by atoms with E-state index in [1.54, 1.807) is 0 Å². The van der Waals surface area contributed by atoms with Gasteiger partial charge in [0.2, 0.25) is 0 Å². The summed E-state index contributed by atoms with van der Waals surface area (Å²) in [5.74, 6) is 2.20. The van der Waals surface area contributed by atoms with Crippen LogP contribution in [-0.4, -0.2) is 37.9 Å². The summed E-state index contributed by atoms with van der Waals surface area (Å²) in [6, 6.07) is 8.72. The maximum Gasteiger partial charge on any atom is 0.190 e. The second-order valence-corrected chi connectivity index (χ2v) is 7.89. The number of hydrogen-bond acceptors (Lipinski definition) is 4. The van der Waals surface area contributed by atoms with Gasteiger partial charge in [0.05, 0.1) is 11.8 Å². The number of guanidine groups is 1. The third-order valence-electron chi connectivity index (χ3n) is 5.68. The van der Waals surface area contributed by atoms with Gasteiger partial charge >= 0.3 is 0 Å². The molecule has 3 rings (SSSR count). The van der Waals surface area contributed by atoms with Crippen molar-refractivity contribution in [2.45, 2.75) is 52.6 Å². The lowest BCUT2D eigenvalue weighted by atomic mass is 9.89. The molecule has 0 bridgehead atoms. The van der Waals surface area contributed by atoms with Crippen LogP contribution in [0, 0.1) is 26.7 Å². The van der Waals surface area contributed by atoms with Crippen LogP contribution in [0.15, 0.2) is 33.8 Å². The van der Waals surface area contributed by atoms with E-state index in [4.69, 9.17) is 9.26 Å². The van der Waals surface area contributed by atoms with Crippen LogP contribution >= 0.6 is 24.0 Å². The first kappa shape index (κ1) is 24.7. The zero-order valence-electron chi connectivity index (χ0n) is 18.5. The molecule has 1 aliphatic heterocycles. The van der Waals surface area contributed by atoms with Crippen molar-refractivity contribution in [3.63, 3.8) is 0 Å². The molecule has 30 heavy (non-hydrogen) atoms. The van der Waals surface area contributed by atoms with E-state index < -0.39 is 0 Å². The van der Waals surface area contributed by atoms with E-state index in [0.29, 0.717) is 5.92 Å². The van der Waals surface area contributed by atoms with Crippen LogP contribution in [0.4, 0.5) is 0 Å². The van der Waals surface area contributed by atoms with Crippen molar-refractivity contribution in [1.29, 1.82) is 0 Å². The van der Waals surface area contributed by atoms with E-state index in [2.05, 4.69) is 52.0 Å². The highest BCUT2D eigenvalue weighted by Gasteiger charge is 2.27. The molecule has 0 amide bonds. The van der Waals surface area contributed by atoms with Gasteiger partial charge in [0.15, 0.2) is 5.96 Å². The quantitative estimate of drug-likeness (QED) is 0.241. The molecular weight excluding hydrogens is 491 g/mol. The molecule has 1 fully saturated rings. The molecule has 1 saturated heterocycles. The first-order valence-corrected chi connectivity index (χ1v) is 10.6. The largest absolute Gasteiger partial charge is 0.373 e. The van der Waals surface area contributed by atoms with Gasteiger partial charge in [-0.05, 0) is 52.0 Å². The van der Waals surface area contributed by atoms with Crippen LogP contribution < -0.4 is 10.6 Å². The van der Waals surface area contributed by atoms with Gasteiger partial charge in [0.1, 0.15) is 5.76 Å². The van der Waals surface area contributed by atoms with E-state index in [1.165, 1.54) is 16.7 Å². The minimum absolute atomic E-state index is 0. The third kappa shape index (κ3) is 6.70. The van der Waals surface area contributed by atoms with Crippen molar-refractivity contribution in [2.75, 3.05) is 26.7 Å². The Morgan fingerprint density at radius 1 is 1.17 bits per heavy atom. The van der Waals surface area contributed by atoms with Crippen LogP contribution in [0.2, 0.25) is 0 Å². The molecule has 1 aliphatic rings. The van der Waals surface area contributed by atoms with Gasteiger partial charge in [-0.25, -0.2) is 0 Å². The molecule has 2 atom stereocenters. The number of aryl methyl sites for hydroxylation is 3. The van der Waals surface area contributed by atoms with Gasteiger partial charge in [-0.2, -0.15) is 0 Å². The lowest BCUT2D eigenvalue weighted by Crippen LogP contribution is -2.42. The Kier molecular flexibility index (Phi) is 10.1. The van der Waals surface area contributed by atoms with Gasteiger partial charge in [-0.15, -0.1) is 24.0 Å². The van der Waals surface area contributed by atoms with Crippen LogP contribution in [0.1, 0.15) is 53.5 Å². The number of aromatic nitrogens is 1. The second kappa shape index (κ2) is 12.3. The maximum atomic E-state index is 6.13. The fraction of sp³-hybridized carbons (Fsp3) is 0.565. The smallest absolute Gasteiger partial charge is 0.190 e. The van der Waals surface area contributed by atoms with E-state index in [0.717, 1.165) is 62.8 Å². The van der Waals surface area contributed by atoms with Crippen molar-refractivity contribution in [1.82, 2.24) is 15.8 Å². The Hall–Kier alpha value is -1.61. The molecule has 2 heterocycles. The van der Waals surface area contributed by atoms with Crippen molar-refractivity contribution >= 4 is 29.9 Å². The third-order valence-corrected chi connectivity index (χ3v) is 5.68. The van der Waals surface area contributed by atoms with E-state index in [9.17, 15) is 0 Å². The van der Waals surface area contributed by atoms with Gasteiger partial charge in [0.25, 0.3) is 0 Å². The van der Waals surface area contributed by atoms with Crippen molar-refractivity contribution in [3.05, 3.63) is 52.4 Å². The van der Waals surface area contributed by atoms with Gasteiger partial charge in [0, 0.05) is 38.2 Å². The zero-order valence-corrected chi connectivity index (χ0v) is 20.9. The average molecular weight is 526 g/mol.